The second-order valence-electron chi connectivity index (χ2n) is 4.14. The fourth-order valence-corrected chi connectivity index (χ4v) is 1.98. The third kappa shape index (κ3) is 5.76. The molecular weight excluding hydrogens is 262 g/mol. The molecule has 0 aliphatic carbocycles. The van der Waals surface area contributed by atoms with Crippen molar-refractivity contribution in [3.05, 3.63) is 24.3 Å². The number of hydrogen-bond donors (Lipinski definition) is 3. The molecule has 0 heterocycles. The molecule has 0 fully saturated rings. The van der Waals surface area contributed by atoms with Gasteiger partial charge in [0, 0.05) is 18.3 Å². The van der Waals surface area contributed by atoms with E-state index in [4.69, 9.17) is 5.73 Å². The summed E-state index contributed by atoms with van der Waals surface area (Å²) in [6.07, 6.45) is 2.61. The first-order valence-corrected chi connectivity index (χ1v) is 7.35. The molecule has 0 bridgehead atoms. The molecule has 1 aromatic rings. The summed E-state index contributed by atoms with van der Waals surface area (Å²) in [4.78, 5) is 22.8. The van der Waals surface area contributed by atoms with Gasteiger partial charge in [-0.05, 0) is 36.6 Å². The number of thioether (sulfide) groups is 1. The van der Waals surface area contributed by atoms with E-state index in [0.717, 1.165) is 5.75 Å². The zero-order valence-electron chi connectivity index (χ0n) is 11.1. The summed E-state index contributed by atoms with van der Waals surface area (Å²) in [6, 6.07) is 6.45. The van der Waals surface area contributed by atoms with Crippen molar-refractivity contribution in [3.8, 4) is 0 Å². The molecule has 0 radical (unpaired) electrons. The standard InChI is InChI=1S/C13H19N3O2S/c1-9(17)15-10-4-3-5-11(8-10)16-13(18)12(14)6-7-19-2/h3-5,8,12H,6-7,14H2,1-2H3,(H,15,17)(H,16,18)/t12-/m1/s1. The molecule has 4 N–H and O–H groups in total. The van der Waals surface area contributed by atoms with Crippen molar-refractivity contribution in [1.29, 1.82) is 0 Å². The van der Waals surface area contributed by atoms with Crippen LogP contribution >= 0.6 is 11.8 Å². The molecule has 0 unspecified atom stereocenters. The Morgan fingerprint density at radius 2 is 1.95 bits per heavy atom. The number of nitrogens with one attached hydrogen (secondary N) is 2. The summed E-state index contributed by atoms with van der Waals surface area (Å²) in [6.45, 7) is 1.43. The smallest absolute Gasteiger partial charge is 0.241 e. The van der Waals surface area contributed by atoms with E-state index in [1.807, 2.05) is 6.26 Å². The minimum atomic E-state index is -0.517. The Balaban J connectivity index is 2.61. The predicted octanol–water partition coefficient (Wildman–Crippen LogP) is 1.66. The first kappa shape index (κ1) is 15.5. The Morgan fingerprint density at radius 3 is 2.53 bits per heavy atom. The summed E-state index contributed by atoms with van der Waals surface area (Å²) in [7, 11) is 0. The first-order valence-electron chi connectivity index (χ1n) is 5.96. The molecule has 0 spiro atoms. The molecule has 104 valence electrons. The molecule has 1 rings (SSSR count). The maximum atomic E-state index is 11.8. The van der Waals surface area contributed by atoms with Gasteiger partial charge in [0.15, 0.2) is 0 Å². The van der Waals surface area contributed by atoms with E-state index in [1.54, 1.807) is 36.0 Å². The van der Waals surface area contributed by atoms with Crippen molar-refractivity contribution in [3.63, 3.8) is 0 Å². The Morgan fingerprint density at radius 1 is 1.32 bits per heavy atom. The largest absolute Gasteiger partial charge is 0.326 e. The van der Waals surface area contributed by atoms with E-state index >= 15 is 0 Å². The number of hydrogen-bond acceptors (Lipinski definition) is 4. The monoisotopic (exact) mass is 281 g/mol. The van der Waals surface area contributed by atoms with Crippen molar-refractivity contribution in [1.82, 2.24) is 0 Å². The minimum Gasteiger partial charge on any atom is -0.326 e. The Kier molecular flexibility index (Phi) is 6.38. The van der Waals surface area contributed by atoms with Gasteiger partial charge in [0.1, 0.15) is 0 Å². The molecule has 1 aromatic carbocycles. The molecule has 5 nitrogen and oxygen atoms in total. The van der Waals surface area contributed by atoms with E-state index in [1.165, 1.54) is 6.92 Å². The van der Waals surface area contributed by atoms with Gasteiger partial charge in [-0.25, -0.2) is 0 Å². The number of carbonyl (C=O) groups is 2. The predicted molar refractivity (Wildman–Crippen MR) is 80.3 cm³/mol. The Bertz CT molecular complexity index is 451. The van der Waals surface area contributed by atoms with E-state index in [-0.39, 0.29) is 11.8 Å². The zero-order valence-corrected chi connectivity index (χ0v) is 11.9. The zero-order chi connectivity index (χ0) is 14.3. The van der Waals surface area contributed by atoms with Crippen molar-refractivity contribution < 1.29 is 9.59 Å². The highest BCUT2D eigenvalue weighted by Gasteiger charge is 2.13. The van der Waals surface area contributed by atoms with E-state index in [9.17, 15) is 9.59 Å². The SMILES string of the molecule is CSCC[C@@H](N)C(=O)Nc1cccc(NC(C)=O)c1. The van der Waals surface area contributed by atoms with E-state index in [2.05, 4.69) is 10.6 Å². The summed E-state index contributed by atoms with van der Waals surface area (Å²) in [5.74, 6) is 0.481. The number of amides is 2. The molecule has 2 amide bonds. The Labute approximate surface area is 117 Å². The highest BCUT2D eigenvalue weighted by molar-refractivity contribution is 7.98. The van der Waals surface area contributed by atoms with Crippen LogP contribution in [0.3, 0.4) is 0 Å². The molecule has 0 aliphatic heterocycles. The van der Waals surface area contributed by atoms with Gasteiger partial charge in [0.2, 0.25) is 11.8 Å². The fourth-order valence-electron chi connectivity index (χ4n) is 1.49. The number of nitrogens with two attached hydrogens (primary N) is 1. The van der Waals surface area contributed by atoms with Crippen LogP contribution in [0.1, 0.15) is 13.3 Å². The summed E-state index contributed by atoms with van der Waals surface area (Å²) < 4.78 is 0. The van der Waals surface area contributed by atoms with Crippen LogP contribution in [0.25, 0.3) is 0 Å². The van der Waals surface area contributed by atoms with E-state index in [0.29, 0.717) is 17.8 Å². The lowest BCUT2D eigenvalue weighted by molar-refractivity contribution is -0.117. The molecular formula is C13H19N3O2S. The summed E-state index contributed by atoms with van der Waals surface area (Å²) in [5, 5.41) is 5.40. The number of benzene rings is 1. The van der Waals surface area contributed by atoms with Gasteiger partial charge in [0.05, 0.1) is 6.04 Å². The molecule has 0 aromatic heterocycles. The van der Waals surface area contributed by atoms with Crippen molar-refractivity contribution in [2.75, 3.05) is 22.6 Å². The van der Waals surface area contributed by atoms with E-state index < -0.39 is 6.04 Å². The average Bonchev–Trinajstić information content (AvgIpc) is 2.35. The maximum absolute atomic E-state index is 11.8. The van der Waals surface area contributed by atoms with Crippen LogP contribution < -0.4 is 16.4 Å². The summed E-state index contributed by atoms with van der Waals surface area (Å²) in [5.41, 5.74) is 7.04. The van der Waals surface area contributed by atoms with Gasteiger partial charge in [-0.2, -0.15) is 11.8 Å². The lowest BCUT2D eigenvalue weighted by atomic mass is 10.2. The Hall–Kier alpha value is -1.53. The van der Waals surface area contributed by atoms with Crippen LogP contribution in [-0.4, -0.2) is 29.9 Å². The minimum absolute atomic E-state index is 0.153. The lowest BCUT2D eigenvalue weighted by Crippen LogP contribution is -2.36. The van der Waals surface area contributed by atoms with Gasteiger partial charge >= 0.3 is 0 Å². The van der Waals surface area contributed by atoms with Crippen LogP contribution in [-0.2, 0) is 9.59 Å². The van der Waals surface area contributed by atoms with Crippen LogP contribution in [0.5, 0.6) is 0 Å². The highest BCUT2D eigenvalue weighted by atomic mass is 32.2. The number of rotatable bonds is 6. The van der Waals surface area contributed by atoms with Gasteiger partial charge in [-0.3, -0.25) is 9.59 Å². The molecule has 0 aliphatic rings. The highest BCUT2D eigenvalue weighted by Crippen LogP contribution is 2.15. The van der Waals surface area contributed by atoms with Gasteiger partial charge < -0.3 is 16.4 Å². The van der Waals surface area contributed by atoms with Crippen LogP contribution in [0.4, 0.5) is 11.4 Å². The lowest BCUT2D eigenvalue weighted by Gasteiger charge is -2.12. The average molecular weight is 281 g/mol. The second-order valence-corrected chi connectivity index (χ2v) is 5.12. The van der Waals surface area contributed by atoms with Crippen molar-refractivity contribution >= 4 is 35.0 Å². The fraction of sp³-hybridized carbons (Fsp3) is 0.385. The van der Waals surface area contributed by atoms with Gasteiger partial charge in [0.25, 0.3) is 0 Å². The van der Waals surface area contributed by atoms with Crippen LogP contribution in [0, 0.1) is 0 Å². The molecule has 0 saturated carbocycles. The molecule has 1 atom stereocenters. The second kappa shape index (κ2) is 7.81. The number of carbonyl (C=O) groups excluding carboxylic acids is 2. The molecule has 6 heteroatoms. The molecule has 19 heavy (non-hydrogen) atoms. The third-order valence-electron chi connectivity index (χ3n) is 2.42. The van der Waals surface area contributed by atoms with Gasteiger partial charge in [-0.1, -0.05) is 6.07 Å². The van der Waals surface area contributed by atoms with Crippen LogP contribution in [0.15, 0.2) is 24.3 Å². The first-order chi connectivity index (χ1) is 9.02. The van der Waals surface area contributed by atoms with Crippen LogP contribution in [0.2, 0.25) is 0 Å². The normalized spacial score (nSPS) is 11.7. The topological polar surface area (TPSA) is 84.2 Å². The van der Waals surface area contributed by atoms with Crippen molar-refractivity contribution in [2.24, 2.45) is 5.73 Å². The van der Waals surface area contributed by atoms with Crippen molar-refractivity contribution in [2.45, 2.75) is 19.4 Å². The third-order valence-corrected chi connectivity index (χ3v) is 3.06. The number of anilines is 2. The maximum Gasteiger partial charge on any atom is 0.241 e. The molecule has 0 saturated heterocycles. The quantitative estimate of drug-likeness (QED) is 0.740. The van der Waals surface area contributed by atoms with Gasteiger partial charge in [-0.15, -0.1) is 0 Å². The summed E-state index contributed by atoms with van der Waals surface area (Å²) >= 11 is 1.66.